The standard InChI is InChI=1S/C24H24N2O5S/c1-16(2)25-24(30)26(14-17-7-4-3-5-8-17)19-10-6-9-18(13-19)20-11-12-21(32-20)23(29)31-15-22(27)28/h3-13,16H,14-15H2,1-2H3,(H,25,30)(H,27,28). The van der Waals surface area contributed by atoms with Crippen LogP contribution in [0.1, 0.15) is 29.1 Å². The molecule has 0 saturated carbocycles. The lowest BCUT2D eigenvalue weighted by Crippen LogP contribution is -2.42. The van der Waals surface area contributed by atoms with Gasteiger partial charge in [-0.2, -0.15) is 0 Å². The first-order valence-corrected chi connectivity index (χ1v) is 10.9. The number of anilines is 1. The Morgan fingerprint density at radius 2 is 1.78 bits per heavy atom. The van der Waals surface area contributed by atoms with E-state index >= 15 is 0 Å². The van der Waals surface area contributed by atoms with Crippen LogP contribution in [0.5, 0.6) is 0 Å². The molecule has 0 fully saturated rings. The summed E-state index contributed by atoms with van der Waals surface area (Å²) in [7, 11) is 0. The van der Waals surface area contributed by atoms with E-state index in [9.17, 15) is 14.4 Å². The zero-order valence-electron chi connectivity index (χ0n) is 17.8. The number of carbonyl (C=O) groups excluding carboxylic acids is 2. The SMILES string of the molecule is CC(C)NC(=O)N(Cc1ccccc1)c1cccc(-c2ccc(C(=O)OCC(=O)O)s2)c1. The van der Waals surface area contributed by atoms with Gasteiger partial charge in [0, 0.05) is 16.6 Å². The van der Waals surface area contributed by atoms with E-state index in [1.807, 2.05) is 68.4 Å². The molecule has 32 heavy (non-hydrogen) atoms. The highest BCUT2D eigenvalue weighted by atomic mass is 32.1. The summed E-state index contributed by atoms with van der Waals surface area (Å²) >= 11 is 1.20. The second-order valence-electron chi connectivity index (χ2n) is 7.36. The van der Waals surface area contributed by atoms with Gasteiger partial charge in [0.25, 0.3) is 0 Å². The van der Waals surface area contributed by atoms with Crippen LogP contribution in [0, 0.1) is 0 Å². The molecule has 166 valence electrons. The predicted octanol–water partition coefficient (Wildman–Crippen LogP) is 4.78. The fourth-order valence-corrected chi connectivity index (χ4v) is 3.90. The minimum absolute atomic E-state index is 0.0133. The minimum atomic E-state index is -1.21. The van der Waals surface area contributed by atoms with E-state index in [-0.39, 0.29) is 12.1 Å². The summed E-state index contributed by atoms with van der Waals surface area (Å²) in [5.41, 5.74) is 2.55. The van der Waals surface area contributed by atoms with E-state index in [4.69, 9.17) is 9.84 Å². The van der Waals surface area contributed by atoms with Crippen molar-refractivity contribution in [2.45, 2.75) is 26.4 Å². The smallest absolute Gasteiger partial charge is 0.348 e. The third-order valence-electron chi connectivity index (χ3n) is 4.42. The van der Waals surface area contributed by atoms with Gasteiger partial charge in [-0.05, 0) is 49.2 Å². The number of hydrogen-bond donors (Lipinski definition) is 2. The number of urea groups is 1. The van der Waals surface area contributed by atoms with Crippen LogP contribution in [0.25, 0.3) is 10.4 Å². The largest absolute Gasteiger partial charge is 0.479 e. The van der Waals surface area contributed by atoms with Gasteiger partial charge < -0.3 is 15.2 Å². The number of carboxylic acids is 1. The number of esters is 1. The number of hydrogen-bond acceptors (Lipinski definition) is 5. The second-order valence-corrected chi connectivity index (χ2v) is 8.44. The van der Waals surface area contributed by atoms with Crippen molar-refractivity contribution in [3.63, 3.8) is 0 Å². The molecule has 0 bridgehead atoms. The lowest BCUT2D eigenvalue weighted by atomic mass is 10.1. The van der Waals surface area contributed by atoms with E-state index in [2.05, 4.69) is 5.32 Å². The zero-order chi connectivity index (χ0) is 23.1. The highest BCUT2D eigenvalue weighted by Crippen LogP contribution is 2.31. The molecule has 8 heteroatoms. The molecule has 1 heterocycles. The van der Waals surface area contributed by atoms with Gasteiger partial charge in [-0.3, -0.25) is 4.90 Å². The Morgan fingerprint density at radius 1 is 1.03 bits per heavy atom. The van der Waals surface area contributed by atoms with Crippen LogP contribution < -0.4 is 10.2 Å². The third kappa shape index (κ3) is 6.18. The van der Waals surface area contributed by atoms with Crippen molar-refractivity contribution in [3.8, 4) is 10.4 Å². The number of thiophene rings is 1. The number of ether oxygens (including phenoxy) is 1. The fourth-order valence-electron chi connectivity index (χ4n) is 3.00. The first-order chi connectivity index (χ1) is 15.3. The van der Waals surface area contributed by atoms with Crippen molar-refractivity contribution in [1.29, 1.82) is 0 Å². The molecular weight excluding hydrogens is 428 g/mol. The molecular formula is C24H24N2O5S. The van der Waals surface area contributed by atoms with Crippen LogP contribution in [-0.4, -0.2) is 35.7 Å². The summed E-state index contributed by atoms with van der Waals surface area (Å²) in [6.07, 6.45) is 0. The van der Waals surface area contributed by atoms with Crippen LogP contribution in [0.15, 0.2) is 66.7 Å². The molecule has 7 nitrogen and oxygen atoms in total. The van der Waals surface area contributed by atoms with Crippen molar-refractivity contribution in [2.75, 3.05) is 11.5 Å². The number of amides is 2. The van der Waals surface area contributed by atoms with E-state index in [0.717, 1.165) is 16.0 Å². The van der Waals surface area contributed by atoms with Gasteiger partial charge in [0.15, 0.2) is 6.61 Å². The second kappa shape index (κ2) is 10.6. The van der Waals surface area contributed by atoms with E-state index in [0.29, 0.717) is 17.1 Å². The number of benzene rings is 2. The van der Waals surface area contributed by atoms with Gasteiger partial charge in [0.05, 0.1) is 6.54 Å². The molecule has 0 spiro atoms. The normalized spacial score (nSPS) is 10.6. The molecule has 1 aromatic heterocycles. The van der Waals surface area contributed by atoms with Gasteiger partial charge in [-0.25, -0.2) is 14.4 Å². The average molecular weight is 453 g/mol. The van der Waals surface area contributed by atoms with Crippen LogP contribution in [-0.2, 0) is 16.1 Å². The molecule has 2 N–H and O–H groups in total. The Bertz CT molecular complexity index is 1090. The van der Waals surface area contributed by atoms with E-state index in [1.54, 1.807) is 17.0 Å². The maximum absolute atomic E-state index is 12.9. The van der Waals surface area contributed by atoms with Crippen LogP contribution in [0.3, 0.4) is 0 Å². The van der Waals surface area contributed by atoms with Crippen LogP contribution >= 0.6 is 11.3 Å². The monoisotopic (exact) mass is 452 g/mol. The molecule has 0 radical (unpaired) electrons. The lowest BCUT2D eigenvalue weighted by Gasteiger charge is -2.25. The third-order valence-corrected chi connectivity index (χ3v) is 5.53. The molecule has 3 rings (SSSR count). The summed E-state index contributed by atoms with van der Waals surface area (Å²) in [5, 5.41) is 11.6. The van der Waals surface area contributed by atoms with E-state index in [1.165, 1.54) is 11.3 Å². The molecule has 0 aliphatic carbocycles. The number of carboxylic acid groups (broad SMARTS) is 1. The average Bonchev–Trinajstić information content (AvgIpc) is 3.26. The van der Waals surface area contributed by atoms with Crippen LogP contribution in [0.2, 0.25) is 0 Å². The zero-order valence-corrected chi connectivity index (χ0v) is 18.6. The summed E-state index contributed by atoms with van der Waals surface area (Å²) in [5.74, 6) is -1.89. The first-order valence-electron chi connectivity index (χ1n) is 10.0. The highest BCUT2D eigenvalue weighted by Gasteiger charge is 2.19. The van der Waals surface area contributed by atoms with Crippen molar-refractivity contribution >= 4 is 35.0 Å². The fraction of sp³-hybridized carbons (Fsp3) is 0.208. The Morgan fingerprint density at radius 3 is 2.47 bits per heavy atom. The molecule has 0 aliphatic rings. The molecule has 2 aromatic carbocycles. The number of nitrogens with zero attached hydrogens (tertiary/aromatic N) is 1. The number of rotatable bonds is 8. The molecule has 3 aromatic rings. The predicted molar refractivity (Wildman–Crippen MR) is 124 cm³/mol. The summed E-state index contributed by atoms with van der Waals surface area (Å²) < 4.78 is 4.75. The first kappa shape index (κ1) is 23.0. The van der Waals surface area contributed by atoms with Gasteiger partial charge in [-0.1, -0.05) is 42.5 Å². The lowest BCUT2D eigenvalue weighted by molar-refractivity contribution is -0.140. The van der Waals surface area contributed by atoms with E-state index < -0.39 is 18.5 Å². The van der Waals surface area contributed by atoms with Crippen LogP contribution in [0.4, 0.5) is 10.5 Å². The molecule has 0 aliphatic heterocycles. The minimum Gasteiger partial charge on any atom is -0.479 e. The number of aliphatic carboxylic acids is 1. The van der Waals surface area contributed by atoms with Crippen molar-refractivity contribution in [1.82, 2.24) is 5.32 Å². The van der Waals surface area contributed by atoms with Gasteiger partial charge in [0.2, 0.25) is 0 Å². The summed E-state index contributed by atoms with van der Waals surface area (Å²) in [4.78, 5) is 38.4. The summed E-state index contributed by atoms with van der Waals surface area (Å²) in [6, 6.07) is 20.4. The van der Waals surface area contributed by atoms with Crippen molar-refractivity contribution in [2.24, 2.45) is 0 Å². The Kier molecular flexibility index (Phi) is 7.62. The maximum Gasteiger partial charge on any atom is 0.348 e. The number of carbonyl (C=O) groups is 3. The van der Waals surface area contributed by atoms with Gasteiger partial charge in [0.1, 0.15) is 4.88 Å². The Balaban J connectivity index is 1.86. The quantitative estimate of drug-likeness (QED) is 0.480. The van der Waals surface area contributed by atoms with Crippen molar-refractivity contribution < 1.29 is 24.2 Å². The van der Waals surface area contributed by atoms with Crippen molar-refractivity contribution in [3.05, 3.63) is 77.2 Å². The molecule has 0 saturated heterocycles. The summed E-state index contributed by atoms with van der Waals surface area (Å²) in [6.45, 7) is 3.54. The molecule has 0 atom stereocenters. The molecule has 2 amide bonds. The van der Waals surface area contributed by atoms with Gasteiger partial charge in [-0.15, -0.1) is 11.3 Å². The number of nitrogens with one attached hydrogen (secondary N) is 1. The van der Waals surface area contributed by atoms with Gasteiger partial charge >= 0.3 is 18.0 Å². The molecule has 0 unspecified atom stereocenters. The Hall–Kier alpha value is -3.65. The topological polar surface area (TPSA) is 95.9 Å². The maximum atomic E-state index is 12.9. The Labute approximate surface area is 190 Å². The highest BCUT2D eigenvalue weighted by molar-refractivity contribution is 7.17.